The van der Waals surface area contributed by atoms with Gasteiger partial charge < -0.3 is 30.1 Å². The number of aromatic hydroxyl groups is 2. The van der Waals surface area contributed by atoms with Gasteiger partial charge in [-0.25, -0.2) is 0 Å². The third-order valence-corrected chi connectivity index (χ3v) is 7.96. The number of fused-ring (bicyclic) bond motifs is 2. The number of nitrogens with one attached hydrogen (secondary N) is 1. The van der Waals surface area contributed by atoms with Crippen LogP contribution < -0.4 is 14.8 Å². The Morgan fingerprint density at radius 1 is 1.17 bits per heavy atom. The van der Waals surface area contributed by atoms with Crippen LogP contribution in [0.2, 0.25) is 0 Å². The minimum absolute atomic E-state index is 0.0825. The monoisotopic (exact) mass is 495 g/mol. The number of phenolic OH excluding ortho intramolecular Hbond substituents is 2. The highest BCUT2D eigenvalue weighted by molar-refractivity contribution is 6.05. The highest BCUT2D eigenvalue weighted by Gasteiger charge is 2.54. The van der Waals surface area contributed by atoms with E-state index in [1.165, 1.54) is 12.1 Å². The molecule has 7 heteroatoms. The van der Waals surface area contributed by atoms with E-state index in [1.807, 2.05) is 26.0 Å². The van der Waals surface area contributed by atoms with Crippen molar-refractivity contribution in [2.75, 3.05) is 12.4 Å². The number of ether oxygens (including phenoxy) is 2. The first-order chi connectivity index (χ1) is 16.9. The fourth-order valence-corrected chi connectivity index (χ4v) is 5.69. The van der Waals surface area contributed by atoms with Gasteiger partial charge in [0.15, 0.2) is 11.5 Å². The van der Waals surface area contributed by atoms with E-state index in [4.69, 9.17) is 9.47 Å². The molecule has 2 aromatic rings. The van der Waals surface area contributed by atoms with Crippen LogP contribution in [0, 0.1) is 11.3 Å². The second kappa shape index (κ2) is 9.36. The Bertz CT molecular complexity index is 1190. The highest BCUT2D eigenvalue weighted by atomic mass is 16.5. The van der Waals surface area contributed by atoms with Crippen LogP contribution in [0.4, 0.5) is 5.69 Å². The number of carbonyl (C=O) groups is 1. The number of hydrogen-bond acceptors (Lipinski definition) is 6. The third-order valence-electron chi connectivity index (χ3n) is 7.96. The lowest BCUT2D eigenvalue weighted by Gasteiger charge is -2.55. The van der Waals surface area contributed by atoms with Crippen molar-refractivity contribution < 1.29 is 29.6 Å². The molecule has 0 aromatic heterocycles. The van der Waals surface area contributed by atoms with Crippen molar-refractivity contribution in [1.82, 2.24) is 0 Å². The molecule has 1 fully saturated rings. The van der Waals surface area contributed by atoms with Gasteiger partial charge in [-0.05, 0) is 70.1 Å². The molecule has 0 bridgehead atoms. The summed E-state index contributed by atoms with van der Waals surface area (Å²) in [5, 5.41) is 34.4. The molecule has 36 heavy (non-hydrogen) atoms. The number of allylic oxidation sites excluding steroid dienone is 2. The van der Waals surface area contributed by atoms with Crippen molar-refractivity contribution in [2.45, 2.75) is 72.0 Å². The zero-order chi connectivity index (χ0) is 26.4. The van der Waals surface area contributed by atoms with Gasteiger partial charge in [0.2, 0.25) is 0 Å². The number of aliphatic hydroxyl groups is 1. The van der Waals surface area contributed by atoms with Gasteiger partial charge in [0.05, 0.1) is 13.2 Å². The summed E-state index contributed by atoms with van der Waals surface area (Å²) >= 11 is 0. The van der Waals surface area contributed by atoms with E-state index in [9.17, 15) is 20.1 Å². The van der Waals surface area contributed by atoms with E-state index in [1.54, 1.807) is 13.2 Å². The Balaban J connectivity index is 1.63. The Hall–Kier alpha value is -3.19. The van der Waals surface area contributed by atoms with E-state index >= 15 is 0 Å². The number of hydrogen-bond donors (Lipinski definition) is 4. The topological polar surface area (TPSA) is 108 Å². The molecular formula is C29H37NO6. The number of phenols is 2. The average Bonchev–Trinajstić information content (AvgIpc) is 2.80. The van der Waals surface area contributed by atoms with Crippen molar-refractivity contribution in [3.05, 3.63) is 52.6 Å². The molecular weight excluding hydrogens is 458 g/mol. The molecule has 7 nitrogen and oxygen atoms in total. The van der Waals surface area contributed by atoms with Crippen LogP contribution in [0.1, 0.15) is 68.9 Å². The van der Waals surface area contributed by atoms with Gasteiger partial charge in [-0.3, -0.25) is 4.79 Å². The van der Waals surface area contributed by atoms with Crippen molar-refractivity contribution in [3.8, 4) is 23.0 Å². The molecule has 0 unspecified atom stereocenters. The van der Waals surface area contributed by atoms with E-state index in [2.05, 4.69) is 26.1 Å². The maximum Gasteiger partial charge on any atom is 0.255 e. The van der Waals surface area contributed by atoms with E-state index < -0.39 is 17.6 Å². The van der Waals surface area contributed by atoms with Gasteiger partial charge in [0.1, 0.15) is 17.1 Å². The molecule has 1 amide bonds. The summed E-state index contributed by atoms with van der Waals surface area (Å²) in [5.74, 6) is 0.540. The SMILES string of the molecule is COc1cc(NC(=O)c2cc(O)c(CC=C(C)C)c(O)c2)cc2c1O[C@]1(C)CC[C@@H](O)C(C)(C)[C@H]1C2. The summed E-state index contributed by atoms with van der Waals surface area (Å²) in [7, 11) is 1.56. The first-order valence-corrected chi connectivity index (χ1v) is 12.4. The smallest absolute Gasteiger partial charge is 0.255 e. The van der Waals surface area contributed by atoms with Crippen LogP contribution in [0.3, 0.4) is 0 Å². The van der Waals surface area contributed by atoms with Crippen molar-refractivity contribution in [1.29, 1.82) is 0 Å². The van der Waals surface area contributed by atoms with Crippen LogP contribution in [0.5, 0.6) is 23.0 Å². The second-order valence-electron chi connectivity index (χ2n) is 11.1. The van der Waals surface area contributed by atoms with Gasteiger partial charge in [-0.15, -0.1) is 0 Å². The van der Waals surface area contributed by atoms with Gasteiger partial charge in [0, 0.05) is 34.4 Å². The minimum Gasteiger partial charge on any atom is -0.507 e. The highest BCUT2D eigenvalue weighted by Crippen LogP contribution is 2.55. The number of amides is 1. The van der Waals surface area contributed by atoms with Gasteiger partial charge in [0.25, 0.3) is 5.91 Å². The summed E-state index contributed by atoms with van der Waals surface area (Å²) in [6.07, 6.45) is 3.96. The molecule has 4 rings (SSSR count). The number of aliphatic hydroxyl groups excluding tert-OH is 1. The molecule has 1 aliphatic heterocycles. The van der Waals surface area contributed by atoms with E-state index in [-0.39, 0.29) is 28.4 Å². The number of anilines is 1. The molecule has 1 heterocycles. The number of methoxy groups -OCH3 is 1. The van der Waals surface area contributed by atoms with E-state index in [0.29, 0.717) is 42.0 Å². The van der Waals surface area contributed by atoms with Gasteiger partial charge in [-0.1, -0.05) is 25.5 Å². The third kappa shape index (κ3) is 4.64. The van der Waals surface area contributed by atoms with Crippen LogP contribution in [0.15, 0.2) is 35.9 Å². The zero-order valence-electron chi connectivity index (χ0n) is 21.9. The Morgan fingerprint density at radius 2 is 1.83 bits per heavy atom. The fourth-order valence-electron chi connectivity index (χ4n) is 5.69. The summed E-state index contributed by atoms with van der Waals surface area (Å²) in [4.78, 5) is 13.0. The first-order valence-electron chi connectivity index (χ1n) is 12.4. The number of carbonyl (C=O) groups excluding carboxylic acids is 1. The molecule has 0 radical (unpaired) electrons. The van der Waals surface area contributed by atoms with E-state index in [0.717, 1.165) is 17.6 Å². The predicted molar refractivity (Wildman–Crippen MR) is 139 cm³/mol. The normalized spacial score (nSPS) is 24.1. The zero-order valence-corrected chi connectivity index (χ0v) is 21.9. The summed E-state index contributed by atoms with van der Waals surface area (Å²) in [6, 6.07) is 6.31. The second-order valence-corrected chi connectivity index (χ2v) is 11.1. The predicted octanol–water partition coefficient (Wildman–Crippen LogP) is 5.36. The molecule has 0 spiro atoms. The molecule has 4 N–H and O–H groups in total. The van der Waals surface area contributed by atoms with Crippen LogP contribution >= 0.6 is 0 Å². The minimum atomic E-state index is -0.466. The quantitative estimate of drug-likeness (QED) is 0.416. The Morgan fingerprint density at radius 3 is 2.44 bits per heavy atom. The summed E-state index contributed by atoms with van der Waals surface area (Å²) in [5.41, 5.74) is 2.24. The van der Waals surface area contributed by atoms with Crippen molar-refractivity contribution in [3.63, 3.8) is 0 Å². The number of benzene rings is 2. The molecule has 0 saturated heterocycles. The lowest BCUT2D eigenvalue weighted by atomic mass is 9.57. The van der Waals surface area contributed by atoms with Crippen molar-refractivity contribution >= 4 is 11.6 Å². The molecule has 2 aliphatic rings. The molecule has 1 aliphatic carbocycles. The molecule has 3 atom stereocenters. The lowest BCUT2D eigenvalue weighted by molar-refractivity contribution is -0.138. The standard InChI is InChI=1S/C29H37NO6/c1-16(2)7-8-20-21(31)12-18(13-22(20)32)27(34)30-19-11-17-14-24-28(3,4)25(33)9-10-29(24,5)36-26(17)23(15-19)35-6/h7,11-13,15,24-25,31-33H,8-10,14H2,1-6H3,(H,30,34)/t24-,25-,29-/m1/s1. The van der Waals surface area contributed by atoms with Crippen LogP contribution in [-0.4, -0.2) is 40.0 Å². The maximum atomic E-state index is 13.0. The number of rotatable bonds is 5. The Kier molecular flexibility index (Phi) is 6.73. The molecule has 1 saturated carbocycles. The van der Waals surface area contributed by atoms with Crippen LogP contribution in [0.25, 0.3) is 0 Å². The molecule has 2 aromatic carbocycles. The Labute approximate surface area is 212 Å². The summed E-state index contributed by atoms with van der Waals surface area (Å²) < 4.78 is 12.2. The van der Waals surface area contributed by atoms with Crippen molar-refractivity contribution in [2.24, 2.45) is 11.3 Å². The maximum absolute atomic E-state index is 13.0. The van der Waals surface area contributed by atoms with Gasteiger partial charge in [-0.2, -0.15) is 0 Å². The lowest BCUT2D eigenvalue weighted by Crippen LogP contribution is -2.58. The van der Waals surface area contributed by atoms with Crippen LogP contribution in [-0.2, 0) is 12.8 Å². The fraction of sp³-hybridized carbons (Fsp3) is 0.483. The first kappa shape index (κ1) is 25.9. The molecule has 194 valence electrons. The largest absolute Gasteiger partial charge is 0.507 e. The van der Waals surface area contributed by atoms with Gasteiger partial charge >= 0.3 is 0 Å². The average molecular weight is 496 g/mol. The summed E-state index contributed by atoms with van der Waals surface area (Å²) in [6.45, 7) is 10.1.